The molecule has 0 saturated heterocycles. The number of benzene rings is 2. The molecule has 2 rings (SSSR count). The predicted octanol–water partition coefficient (Wildman–Crippen LogP) is 3.41. The number of amides is 1. The molecule has 2 aromatic carbocycles. The Morgan fingerprint density at radius 2 is 1.59 bits per heavy atom. The van der Waals surface area contributed by atoms with Crippen LogP contribution in [0.4, 0.5) is 0 Å². The van der Waals surface area contributed by atoms with E-state index in [1.807, 2.05) is 50.2 Å². The monoisotopic (exact) mass is 299 g/mol. The van der Waals surface area contributed by atoms with Crippen LogP contribution in [-0.2, 0) is 6.54 Å². The van der Waals surface area contributed by atoms with Gasteiger partial charge in [0.25, 0.3) is 5.91 Å². The quantitative estimate of drug-likeness (QED) is 0.889. The van der Waals surface area contributed by atoms with E-state index in [2.05, 4.69) is 5.32 Å². The Morgan fingerprint density at radius 3 is 2.14 bits per heavy atom. The van der Waals surface area contributed by atoms with Crippen molar-refractivity contribution in [3.63, 3.8) is 0 Å². The number of nitrogens with one attached hydrogen (secondary N) is 1. The van der Waals surface area contributed by atoms with E-state index in [9.17, 15) is 4.79 Å². The van der Waals surface area contributed by atoms with E-state index >= 15 is 0 Å². The van der Waals surface area contributed by atoms with Gasteiger partial charge in [0.15, 0.2) is 0 Å². The van der Waals surface area contributed by atoms with Gasteiger partial charge in [-0.15, -0.1) is 0 Å². The van der Waals surface area contributed by atoms with Crippen LogP contribution in [-0.4, -0.2) is 19.1 Å². The fourth-order valence-corrected chi connectivity index (χ4v) is 1.98. The number of carbonyl (C=O) groups is 1. The molecule has 0 spiro atoms. The maximum absolute atomic E-state index is 12.1. The molecule has 0 fully saturated rings. The van der Waals surface area contributed by atoms with Crippen molar-refractivity contribution in [3.8, 4) is 11.5 Å². The van der Waals surface area contributed by atoms with Crippen LogP contribution in [0.3, 0.4) is 0 Å². The highest BCUT2D eigenvalue weighted by Gasteiger charge is 2.06. The zero-order valence-corrected chi connectivity index (χ0v) is 13.1. The Morgan fingerprint density at radius 1 is 1.00 bits per heavy atom. The second-order valence-corrected chi connectivity index (χ2v) is 5.22. The SMILES string of the molecule is COc1ccc(CNC(=O)c2ccc(OC(C)C)cc2)cc1. The first-order valence-electron chi connectivity index (χ1n) is 7.26. The summed E-state index contributed by atoms with van der Waals surface area (Å²) in [6.07, 6.45) is 0.120. The van der Waals surface area contributed by atoms with Crippen molar-refractivity contribution in [2.75, 3.05) is 7.11 Å². The fraction of sp³-hybridized carbons (Fsp3) is 0.278. The van der Waals surface area contributed by atoms with Gasteiger partial charge in [-0.05, 0) is 55.8 Å². The molecule has 116 valence electrons. The Kier molecular flexibility index (Phi) is 5.42. The van der Waals surface area contributed by atoms with Gasteiger partial charge in [-0.2, -0.15) is 0 Å². The van der Waals surface area contributed by atoms with Crippen molar-refractivity contribution in [3.05, 3.63) is 59.7 Å². The number of carbonyl (C=O) groups excluding carboxylic acids is 1. The van der Waals surface area contributed by atoms with Crippen molar-refractivity contribution >= 4 is 5.91 Å². The van der Waals surface area contributed by atoms with Gasteiger partial charge in [0, 0.05) is 12.1 Å². The molecule has 0 aliphatic rings. The summed E-state index contributed by atoms with van der Waals surface area (Å²) in [5.74, 6) is 1.46. The third-order valence-corrected chi connectivity index (χ3v) is 3.10. The molecule has 1 N–H and O–H groups in total. The lowest BCUT2D eigenvalue weighted by Crippen LogP contribution is -2.22. The summed E-state index contributed by atoms with van der Waals surface area (Å²) in [5.41, 5.74) is 1.64. The molecule has 0 atom stereocenters. The molecule has 1 amide bonds. The summed E-state index contributed by atoms with van der Waals surface area (Å²) >= 11 is 0. The van der Waals surface area contributed by atoms with Gasteiger partial charge in [-0.3, -0.25) is 4.79 Å². The third-order valence-electron chi connectivity index (χ3n) is 3.10. The van der Waals surface area contributed by atoms with E-state index < -0.39 is 0 Å². The minimum atomic E-state index is -0.105. The molecule has 0 heterocycles. The number of ether oxygens (including phenoxy) is 2. The first-order chi connectivity index (χ1) is 10.6. The highest BCUT2D eigenvalue weighted by Crippen LogP contribution is 2.14. The molecule has 22 heavy (non-hydrogen) atoms. The van der Waals surface area contributed by atoms with Gasteiger partial charge in [0.2, 0.25) is 0 Å². The van der Waals surface area contributed by atoms with Crippen molar-refractivity contribution in [2.45, 2.75) is 26.5 Å². The molecule has 0 aliphatic heterocycles. The Hall–Kier alpha value is -2.49. The predicted molar refractivity (Wildman–Crippen MR) is 86.4 cm³/mol. The lowest BCUT2D eigenvalue weighted by atomic mass is 10.2. The molecule has 2 aromatic rings. The number of hydrogen-bond acceptors (Lipinski definition) is 3. The first kappa shape index (κ1) is 15.9. The summed E-state index contributed by atoms with van der Waals surface area (Å²) in [4.78, 5) is 12.1. The minimum absolute atomic E-state index is 0.105. The van der Waals surface area contributed by atoms with Gasteiger partial charge in [0.05, 0.1) is 13.2 Å². The van der Waals surface area contributed by atoms with Crippen LogP contribution >= 0.6 is 0 Å². The topological polar surface area (TPSA) is 47.6 Å². The molecule has 0 unspecified atom stereocenters. The van der Waals surface area contributed by atoms with Gasteiger partial charge in [-0.1, -0.05) is 12.1 Å². The average molecular weight is 299 g/mol. The molecule has 4 heteroatoms. The smallest absolute Gasteiger partial charge is 0.251 e. The zero-order chi connectivity index (χ0) is 15.9. The molecular formula is C18H21NO3. The van der Waals surface area contributed by atoms with Crippen molar-refractivity contribution in [1.82, 2.24) is 5.32 Å². The second kappa shape index (κ2) is 7.50. The van der Waals surface area contributed by atoms with Gasteiger partial charge in [0.1, 0.15) is 11.5 Å². The van der Waals surface area contributed by atoms with Gasteiger partial charge >= 0.3 is 0 Å². The Labute approximate surface area is 131 Å². The van der Waals surface area contributed by atoms with Crippen LogP contribution in [0, 0.1) is 0 Å². The molecule has 0 aromatic heterocycles. The normalized spacial score (nSPS) is 10.4. The van der Waals surface area contributed by atoms with E-state index in [4.69, 9.17) is 9.47 Å². The minimum Gasteiger partial charge on any atom is -0.497 e. The summed E-state index contributed by atoms with van der Waals surface area (Å²) < 4.78 is 10.7. The van der Waals surface area contributed by atoms with E-state index in [0.29, 0.717) is 12.1 Å². The maximum atomic E-state index is 12.1. The largest absolute Gasteiger partial charge is 0.497 e. The van der Waals surface area contributed by atoms with Crippen LogP contribution in [0.25, 0.3) is 0 Å². The molecule has 0 bridgehead atoms. The Bertz CT molecular complexity index is 603. The molecule has 4 nitrogen and oxygen atoms in total. The van der Waals surface area contributed by atoms with Crippen molar-refractivity contribution < 1.29 is 14.3 Å². The molecule has 0 radical (unpaired) electrons. The third kappa shape index (κ3) is 4.52. The summed E-state index contributed by atoms with van der Waals surface area (Å²) in [6.45, 7) is 4.41. The van der Waals surface area contributed by atoms with Crippen LogP contribution in [0.15, 0.2) is 48.5 Å². The van der Waals surface area contributed by atoms with Gasteiger partial charge < -0.3 is 14.8 Å². The lowest BCUT2D eigenvalue weighted by Gasteiger charge is -2.10. The van der Waals surface area contributed by atoms with Crippen molar-refractivity contribution in [2.24, 2.45) is 0 Å². The van der Waals surface area contributed by atoms with Crippen LogP contribution in [0.1, 0.15) is 29.8 Å². The van der Waals surface area contributed by atoms with Crippen LogP contribution in [0.5, 0.6) is 11.5 Å². The van der Waals surface area contributed by atoms with E-state index in [1.165, 1.54) is 0 Å². The highest BCUT2D eigenvalue weighted by molar-refractivity contribution is 5.94. The summed E-state index contributed by atoms with van der Waals surface area (Å²) in [5, 5.41) is 2.89. The maximum Gasteiger partial charge on any atom is 0.251 e. The van der Waals surface area contributed by atoms with E-state index in [-0.39, 0.29) is 12.0 Å². The zero-order valence-electron chi connectivity index (χ0n) is 13.1. The second-order valence-electron chi connectivity index (χ2n) is 5.22. The lowest BCUT2D eigenvalue weighted by molar-refractivity contribution is 0.0951. The van der Waals surface area contributed by atoms with E-state index in [1.54, 1.807) is 19.2 Å². The van der Waals surface area contributed by atoms with Crippen LogP contribution < -0.4 is 14.8 Å². The number of hydrogen-bond donors (Lipinski definition) is 1. The average Bonchev–Trinajstić information content (AvgIpc) is 2.53. The van der Waals surface area contributed by atoms with Gasteiger partial charge in [-0.25, -0.2) is 0 Å². The van der Waals surface area contributed by atoms with Crippen molar-refractivity contribution in [1.29, 1.82) is 0 Å². The van der Waals surface area contributed by atoms with Crippen LogP contribution in [0.2, 0.25) is 0 Å². The molecule has 0 aliphatic carbocycles. The molecular weight excluding hydrogens is 278 g/mol. The number of methoxy groups -OCH3 is 1. The standard InChI is InChI=1S/C18H21NO3/c1-13(2)22-17-10-6-15(7-11-17)18(20)19-12-14-4-8-16(21-3)9-5-14/h4-11,13H,12H2,1-3H3,(H,19,20). The molecule has 0 saturated carbocycles. The summed E-state index contributed by atoms with van der Waals surface area (Å²) in [7, 11) is 1.63. The Balaban J connectivity index is 1.91. The first-order valence-corrected chi connectivity index (χ1v) is 7.26. The fourth-order valence-electron chi connectivity index (χ4n) is 1.98. The van der Waals surface area contributed by atoms with E-state index in [0.717, 1.165) is 17.1 Å². The number of rotatable bonds is 6. The summed E-state index contributed by atoms with van der Waals surface area (Å²) in [6, 6.07) is 14.8. The highest BCUT2D eigenvalue weighted by atomic mass is 16.5.